The topological polar surface area (TPSA) is 67.4 Å². The molecule has 194 valence electrons. The van der Waals surface area contributed by atoms with E-state index in [-0.39, 0.29) is 23.9 Å². The summed E-state index contributed by atoms with van der Waals surface area (Å²) in [6.45, 7) is 0.222. The van der Waals surface area contributed by atoms with Crippen LogP contribution in [0.3, 0.4) is 0 Å². The number of hydrogen-bond donors (Lipinski definition) is 2. The van der Waals surface area contributed by atoms with Crippen molar-refractivity contribution < 1.29 is 23.1 Å². The van der Waals surface area contributed by atoms with Crippen molar-refractivity contribution in [3.05, 3.63) is 125 Å². The van der Waals surface area contributed by atoms with Crippen LogP contribution in [0, 0.1) is 11.6 Å². The SMILES string of the molecule is COc1ccc(CCC(=O)NCc2ccccc2-c2ccccc2C(=O)NCc2ccc(F)cc2F)cc1. The molecular formula is C31H28F2N2O3. The summed E-state index contributed by atoms with van der Waals surface area (Å²) in [5, 5.41) is 5.69. The summed E-state index contributed by atoms with van der Waals surface area (Å²) >= 11 is 0. The summed E-state index contributed by atoms with van der Waals surface area (Å²) in [7, 11) is 1.61. The van der Waals surface area contributed by atoms with Crippen LogP contribution in [-0.4, -0.2) is 18.9 Å². The van der Waals surface area contributed by atoms with Gasteiger partial charge in [-0.2, -0.15) is 0 Å². The van der Waals surface area contributed by atoms with E-state index in [0.717, 1.165) is 34.6 Å². The normalized spacial score (nSPS) is 10.6. The van der Waals surface area contributed by atoms with Crippen LogP contribution >= 0.6 is 0 Å². The molecule has 0 aliphatic carbocycles. The number of benzene rings is 4. The zero-order valence-corrected chi connectivity index (χ0v) is 21.0. The van der Waals surface area contributed by atoms with Gasteiger partial charge in [0.05, 0.1) is 7.11 Å². The Balaban J connectivity index is 1.42. The molecule has 0 aromatic heterocycles. The van der Waals surface area contributed by atoms with Crippen LogP contribution in [0.2, 0.25) is 0 Å². The maximum absolute atomic E-state index is 14.0. The number of carbonyl (C=O) groups excluding carboxylic acids is 2. The Labute approximate surface area is 220 Å². The van der Waals surface area contributed by atoms with Crippen molar-refractivity contribution in [1.29, 1.82) is 0 Å². The molecule has 0 saturated heterocycles. The fraction of sp³-hybridized carbons (Fsp3) is 0.161. The molecule has 4 rings (SSSR count). The largest absolute Gasteiger partial charge is 0.497 e. The van der Waals surface area contributed by atoms with Gasteiger partial charge in [0.2, 0.25) is 5.91 Å². The molecule has 38 heavy (non-hydrogen) atoms. The molecule has 7 heteroatoms. The summed E-state index contributed by atoms with van der Waals surface area (Å²) in [6.07, 6.45) is 0.947. The lowest BCUT2D eigenvalue weighted by atomic mass is 9.94. The highest BCUT2D eigenvalue weighted by molar-refractivity contribution is 6.01. The van der Waals surface area contributed by atoms with Crippen LogP contribution in [0.15, 0.2) is 91.0 Å². The van der Waals surface area contributed by atoms with Crippen molar-refractivity contribution in [2.75, 3.05) is 7.11 Å². The first-order chi connectivity index (χ1) is 18.4. The lowest BCUT2D eigenvalue weighted by Gasteiger charge is -2.15. The maximum Gasteiger partial charge on any atom is 0.252 e. The average Bonchev–Trinajstić information content (AvgIpc) is 2.94. The summed E-state index contributed by atoms with van der Waals surface area (Å²) in [5.41, 5.74) is 3.99. The van der Waals surface area contributed by atoms with Gasteiger partial charge in [-0.05, 0) is 52.9 Å². The number of aryl methyl sites for hydroxylation is 1. The third-order valence-corrected chi connectivity index (χ3v) is 6.21. The van der Waals surface area contributed by atoms with E-state index in [0.29, 0.717) is 30.5 Å². The molecule has 0 heterocycles. The van der Waals surface area contributed by atoms with Gasteiger partial charge < -0.3 is 15.4 Å². The van der Waals surface area contributed by atoms with Crippen molar-refractivity contribution in [2.24, 2.45) is 0 Å². The summed E-state index contributed by atoms with van der Waals surface area (Å²) < 4.78 is 32.4. The molecular weight excluding hydrogens is 486 g/mol. The predicted molar refractivity (Wildman–Crippen MR) is 143 cm³/mol. The van der Waals surface area contributed by atoms with Gasteiger partial charge in [0.15, 0.2) is 0 Å². The number of amides is 2. The lowest BCUT2D eigenvalue weighted by molar-refractivity contribution is -0.121. The average molecular weight is 515 g/mol. The van der Waals surface area contributed by atoms with Gasteiger partial charge >= 0.3 is 0 Å². The minimum absolute atomic E-state index is 0.0782. The molecule has 5 nitrogen and oxygen atoms in total. The van der Waals surface area contributed by atoms with Gasteiger partial charge in [-0.1, -0.05) is 60.7 Å². The summed E-state index contributed by atoms with van der Waals surface area (Å²) in [6, 6.07) is 25.5. The first-order valence-corrected chi connectivity index (χ1v) is 12.2. The predicted octanol–water partition coefficient (Wildman–Crippen LogP) is 5.82. The molecule has 2 N–H and O–H groups in total. The van der Waals surface area contributed by atoms with Crippen molar-refractivity contribution in [2.45, 2.75) is 25.9 Å². The maximum atomic E-state index is 14.0. The first-order valence-electron chi connectivity index (χ1n) is 12.2. The fourth-order valence-corrected chi connectivity index (χ4v) is 4.12. The third-order valence-electron chi connectivity index (χ3n) is 6.21. The van der Waals surface area contributed by atoms with Crippen LogP contribution < -0.4 is 15.4 Å². The van der Waals surface area contributed by atoms with Gasteiger partial charge in [0.25, 0.3) is 5.91 Å². The number of methoxy groups -OCH3 is 1. The molecule has 0 atom stereocenters. The minimum atomic E-state index is -0.716. The van der Waals surface area contributed by atoms with Crippen LogP contribution in [0.5, 0.6) is 5.75 Å². The van der Waals surface area contributed by atoms with E-state index in [2.05, 4.69) is 10.6 Å². The Morgan fingerprint density at radius 3 is 2.18 bits per heavy atom. The van der Waals surface area contributed by atoms with Crippen LogP contribution in [-0.2, 0) is 24.3 Å². The van der Waals surface area contributed by atoms with Gasteiger partial charge in [-0.3, -0.25) is 9.59 Å². The number of carbonyl (C=O) groups is 2. The highest BCUT2D eigenvalue weighted by Crippen LogP contribution is 2.27. The Bertz CT molecular complexity index is 1420. The van der Waals surface area contributed by atoms with E-state index < -0.39 is 11.6 Å². The summed E-state index contributed by atoms with van der Waals surface area (Å²) in [5.74, 6) is -1.09. The monoisotopic (exact) mass is 514 g/mol. The second-order valence-corrected chi connectivity index (χ2v) is 8.75. The molecule has 4 aromatic carbocycles. The van der Waals surface area contributed by atoms with Crippen molar-refractivity contribution in [1.82, 2.24) is 10.6 Å². The fourth-order valence-electron chi connectivity index (χ4n) is 4.12. The van der Waals surface area contributed by atoms with Gasteiger partial charge in [0, 0.05) is 36.7 Å². The van der Waals surface area contributed by atoms with Crippen molar-refractivity contribution in [3.8, 4) is 16.9 Å². The lowest BCUT2D eigenvalue weighted by Crippen LogP contribution is -2.25. The molecule has 4 aromatic rings. The van der Waals surface area contributed by atoms with E-state index in [1.165, 1.54) is 6.07 Å². The van der Waals surface area contributed by atoms with Crippen LogP contribution in [0.4, 0.5) is 8.78 Å². The second kappa shape index (κ2) is 12.6. The number of nitrogens with one attached hydrogen (secondary N) is 2. The van der Waals surface area contributed by atoms with Gasteiger partial charge in [-0.15, -0.1) is 0 Å². The zero-order chi connectivity index (χ0) is 26.9. The molecule has 0 unspecified atom stereocenters. The van der Waals surface area contributed by atoms with E-state index >= 15 is 0 Å². The second-order valence-electron chi connectivity index (χ2n) is 8.75. The molecule has 0 aliphatic heterocycles. The number of rotatable bonds is 10. The molecule has 2 amide bonds. The molecule has 0 spiro atoms. The smallest absolute Gasteiger partial charge is 0.252 e. The van der Waals surface area contributed by atoms with Crippen molar-refractivity contribution >= 4 is 11.8 Å². The highest BCUT2D eigenvalue weighted by atomic mass is 19.1. The number of ether oxygens (including phenoxy) is 1. The van der Waals surface area contributed by atoms with Crippen LogP contribution in [0.25, 0.3) is 11.1 Å². The molecule has 0 bridgehead atoms. The Kier molecular flexibility index (Phi) is 8.82. The van der Waals surface area contributed by atoms with E-state index in [1.54, 1.807) is 19.2 Å². The van der Waals surface area contributed by atoms with E-state index in [1.807, 2.05) is 60.7 Å². The molecule has 0 radical (unpaired) electrons. The van der Waals surface area contributed by atoms with Gasteiger partial charge in [-0.25, -0.2) is 8.78 Å². The van der Waals surface area contributed by atoms with Crippen LogP contribution in [0.1, 0.15) is 33.5 Å². The van der Waals surface area contributed by atoms with Gasteiger partial charge in [0.1, 0.15) is 17.4 Å². The van der Waals surface area contributed by atoms with Crippen molar-refractivity contribution in [3.63, 3.8) is 0 Å². The standard InChI is InChI=1S/C31H28F2N2O3/c1-38-25-15-10-21(11-16-25)12-17-30(36)34-19-22-6-2-3-7-26(22)27-8-4-5-9-28(27)31(37)35-20-23-13-14-24(32)18-29(23)33/h2-11,13-16,18H,12,17,19-20H2,1H3,(H,34,36)(H,35,37). The Hall–Kier alpha value is -4.52. The minimum Gasteiger partial charge on any atom is -0.497 e. The molecule has 0 saturated carbocycles. The third kappa shape index (κ3) is 6.82. The van der Waals surface area contributed by atoms with E-state index in [9.17, 15) is 18.4 Å². The molecule has 0 aliphatic rings. The summed E-state index contributed by atoms with van der Waals surface area (Å²) in [4.78, 5) is 25.6. The quantitative estimate of drug-likeness (QED) is 0.280. The Morgan fingerprint density at radius 1 is 0.763 bits per heavy atom. The number of halogens is 2. The Morgan fingerprint density at radius 2 is 1.45 bits per heavy atom. The highest BCUT2D eigenvalue weighted by Gasteiger charge is 2.16. The first kappa shape index (κ1) is 26.5. The number of hydrogen-bond acceptors (Lipinski definition) is 3. The van der Waals surface area contributed by atoms with E-state index in [4.69, 9.17) is 4.74 Å². The zero-order valence-electron chi connectivity index (χ0n) is 21.0. The molecule has 0 fully saturated rings.